The van der Waals surface area contributed by atoms with E-state index in [9.17, 15) is 5.11 Å². The van der Waals surface area contributed by atoms with Gasteiger partial charge in [0.15, 0.2) is 0 Å². The number of aliphatic hydroxyl groups is 1. The van der Waals surface area contributed by atoms with Gasteiger partial charge < -0.3 is 10.4 Å². The fourth-order valence-corrected chi connectivity index (χ4v) is 3.31. The molecule has 102 valence electrons. The van der Waals surface area contributed by atoms with Crippen LogP contribution in [-0.4, -0.2) is 49.8 Å². The number of rotatable bonds is 6. The molecule has 0 spiro atoms. The highest BCUT2D eigenvalue weighted by Crippen LogP contribution is 2.32. The fraction of sp³-hybridized carbons (Fsp3) is 0.909. The van der Waals surface area contributed by atoms with Crippen molar-refractivity contribution in [3.05, 3.63) is 0 Å². The van der Waals surface area contributed by atoms with Crippen LogP contribution in [-0.2, 0) is 6.54 Å². The molecule has 0 aliphatic heterocycles. The zero-order chi connectivity index (χ0) is 12.8. The van der Waals surface area contributed by atoms with E-state index < -0.39 is 0 Å². The van der Waals surface area contributed by atoms with Crippen molar-refractivity contribution in [1.29, 1.82) is 0 Å². The molecular formula is C11H21N5OS. The zero-order valence-electron chi connectivity index (χ0n) is 10.7. The van der Waals surface area contributed by atoms with Gasteiger partial charge >= 0.3 is 0 Å². The van der Waals surface area contributed by atoms with Gasteiger partial charge in [0.05, 0.1) is 12.6 Å². The van der Waals surface area contributed by atoms with Crippen molar-refractivity contribution in [2.45, 2.75) is 55.7 Å². The highest BCUT2D eigenvalue weighted by atomic mass is 32.2. The maximum Gasteiger partial charge on any atom is 0.209 e. The van der Waals surface area contributed by atoms with Gasteiger partial charge in [0.1, 0.15) is 0 Å². The molecule has 7 heteroatoms. The SMILES string of the molecule is CCNCCn1nnnc1SC1CCCCC1O. The lowest BCUT2D eigenvalue weighted by Crippen LogP contribution is -2.27. The van der Waals surface area contributed by atoms with Gasteiger partial charge in [0.25, 0.3) is 0 Å². The second-order valence-electron chi connectivity index (χ2n) is 4.55. The number of thioether (sulfide) groups is 1. The molecule has 1 saturated carbocycles. The lowest BCUT2D eigenvalue weighted by Gasteiger charge is -2.26. The van der Waals surface area contributed by atoms with Gasteiger partial charge in [0.2, 0.25) is 5.16 Å². The molecule has 6 nitrogen and oxygen atoms in total. The fourth-order valence-electron chi connectivity index (χ4n) is 2.13. The molecule has 2 rings (SSSR count). The Morgan fingerprint density at radius 2 is 2.28 bits per heavy atom. The third kappa shape index (κ3) is 3.66. The maximum atomic E-state index is 9.96. The number of aromatic nitrogens is 4. The van der Waals surface area contributed by atoms with Gasteiger partial charge in [-0.25, -0.2) is 4.68 Å². The first kappa shape index (κ1) is 13.8. The number of likely N-dealkylation sites (N-methyl/N-ethyl adjacent to an activating group) is 1. The summed E-state index contributed by atoms with van der Waals surface area (Å²) >= 11 is 1.61. The Hall–Kier alpha value is -0.660. The van der Waals surface area contributed by atoms with Gasteiger partial charge in [-0.05, 0) is 29.8 Å². The van der Waals surface area contributed by atoms with Gasteiger partial charge in [-0.15, -0.1) is 5.10 Å². The Bertz CT molecular complexity index is 359. The Kier molecular flexibility index (Phi) is 5.40. The normalized spacial score (nSPS) is 24.3. The van der Waals surface area contributed by atoms with Crippen LogP contribution in [0, 0.1) is 0 Å². The predicted molar refractivity (Wildman–Crippen MR) is 70.5 cm³/mol. The maximum absolute atomic E-state index is 9.96. The van der Waals surface area contributed by atoms with Crippen molar-refractivity contribution < 1.29 is 5.11 Å². The highest BCUT2D eigenvalue weighted by molar-refractivity contribution is 7.99. The van der Waals surface area contributed by atoms with E-state index >= 15 is 0 Å². The molecule has 0 amide bonds. The second-order valence-corrected chi connectivity index (χ2v) is 5.75. The van der Waals surface area contributed by atoms with Crippen molar-refractivity contribution in [2.75, 3.05) is 13.1 Å². The molecule has 1 aliphatic carbocycles. The summed E-state index contributed by atoms with van der Waals surface area (Å²) in [4.78, 5) is 0. The van der Waals surface area contributed by atoms with Crippen LogP contribution < -0.4 is 5.32 Å². The van der Waals surface area contributed by atoms with Gasteiger partial charge in [-0.3, -0.25) is 0 Å². The van der Waals surface area contributed by atoms with Crippen LogP contribution in [0.15, 0.2) is 5.16 Å². The van der Waals surface area contributed by atoms with Crippen LogP contribution in [0.4, 0.5) is 0 Å². The highest BCUT2D eigenvalue weighted by Gasteiger charge is 2.25. The molecule has 1 aromatic heterocycles. The number of hydrogen-bond acceptors (Lipinski definition) is 6. The Labute approximate surface area is 112 Å². The number of aliphatic hydroxyl groups excluding tert-OH is 1. The molecule has 0 bridgehead atoms. The summed E-state index contributed by atoms with van der Waals surface area (Å²) in [7, 11) is 0. The van der Waals surface area contributed by atoms with E-state index in [1.54, 1.807) is 11.8 Å². The Morgan fingerprint density at radius 1 is 1.44 bits per heavy atom. The van der Waals surface area contributed by atoms with Crippen LogP contribution in [0.25, 0.3) is 0 Å². The minimum atomic E-state index is -0.220. The van der Waals surface area contributed by atoms with Crippen molar-refractivity contribution in [2.24, 2.45) is 0 Å². The largest absolute Gasteiger partial charge is 0.392 e. The lowest BCUT2D eigenvalue weighted by atomic mass is 9.97. The predicted octanol–water partition coefficient (Wildman–Crippen LogP) is 0.678. The van der Waals surface area contributed by atoms with E-state index in [0.29, 0.717) is 0 Å². The number of nitrogens with one attached hydrogen (secondary N) is 1. The summed E-state index contributed by atoms with van der Waals surface area (Å²) in [6.07, 6.45) is 4.04. The number of tetrazole rings is 1. The monoisotopic (exact) mass is 271 g/mol. The standard InChI is InChI=1S/C11H21N5OS/c1-2-12-7-8-16-11(13-14-15-16)18-10-6-4-3-5-9(10)17/h9-10,12,17H,2-8H2,1H3. The molecule has 1 aromatic rings. The van der Waals surface area contributed by atoms with E-state index in [0.717, 1.165) is 44.1 Å². The van der Waals surface area contributed by atoms with E-state index in [1.165, 1.54) is 6.42 Å². The van der Waals surface area contributed by atoms with Crippen molar-refractivity contribution in [1.82, 2.24) is 25.5 Å². The molecule has 18 heavy (non-hydrogen) atoms. The summed E-state index contributed by atoms with van der Waals surface area (Å²) in [5.41, 5.74) is 0. The van der Waals surface area contributed by atoms with Crippen LogP contribution in [0.5, 0.6) is 0 Å². The number of nitrogens with zero attached hydrogens (tertiary/aromatic N) is 4. The van der Waals surface area contributed by atoms with E-state index in [-0.39, 0.29) is 11.4 Å². The molecule has 0 radical (unpaired) electrons. The molecule has 1 aliphatic rings. The quantitative estimate of drug-likeness (QED) is 0.741. The van der Waals surface area contributed by atoms with Crippen LogP contribution >= 0.6 is 11.8 Å². The van der Waals surface area contributed by atoms with Crippen LogP contribution in [0.1, 0.15) is 32.6 Å². The minimum absolute atomic E-state index is 0.220. The molecule has 0 aromatic carbocycles. The summed E-state index contributed by atoms with van der Waals surface area (Å²) in [6, 6.07) is 0. The first-order chi connectivity index (χ1) is 8.81. The Balaban J connectivity index is 1.90. The topological polar surface area (TPSA) is 75.9 Å². The average molecular weight is 271 g/mol. The molecule has 1 fully saturated rings. The summed E-state index contributed by atoms with van der Waals surface area (Å²) in [5, 5.41) is 26.0. The third-order valence-corrected chi connectivity index (χ3v) is 4.53. The van der Waals surface area contributed by atoms with E-state index in [4.69, 9.17) is 0 Å². The van der Waals surface area contributed by atoms with Crippen LogP contribution in [0.2, 0.25) is 0 Å². The average Bonchev–Trinajstić information content (AvgIpc) is 2.80. The first-order valence-electron chi connectivity index (χ1n) is 6.63. The smallest absolute Gasteiger partial charge is 0.209 e. The summed E-state index contributed by atoms with van der Waals surface area (Å²) in [6.45, 7) is 4.66. The summed E-state index contributed by atoms with van der Waals surface area (Å²) in [5.74, 6) is 0. The molecule has 0 saturated heterocycles. The second kappa shape index (κ2) is 7.06. The van der Waals surface area contributed by atoms with Crippen molar-refractivity contribution in [3.63, 3.8) is 0 Å². The third-order valence-electron chi connectivity index (χ3n) is 3.17. The molecule has 2 unspecified atom stereocenters. The van der Waals surface area contributed by atoms with Gasteiger partial charge in [-0.2, -0.15) is 0 Å². The van der Waals surface area contributed by atoms with Crippen molar-refractivity contribution in [3.8, 4) is 0 Å². The van der Waals surface area contributed by atoms with E-state index in [2.05, 4.69) is 27.8 Å². The minimum Gasteiger partial charge on any atom is -0.392 e. The zero-order valence-corrected chi connectivity index (χ0v) is 11.6. The Morgan fingerprint density at radius 3 is 3.06 bits per heavy atom. The van der Waals surface area contributed by atoms with Gasteiger partial charge in [-0.1, -0.05) is 31.5 Å². The summed E-state index contributed by atoms with van der Waals surface area (Å²) < 4.78 is 1.81. The molecule has 2 N–H and O–H groups in total. The van der Waals surface area contributed by atoms with Gasteiger partial charge in [0, 0.05) is 11.8 Å². The molecular weight excluding hydrogens is 250 g/mol. The first-order valence-corrected chi connectivity index (χ1v) is 7.51. The molecule has 1 heterocycles. The van der Waals surface area contributed by atoms with Crippen molar-refractivity contribution >= 4 is 11.8 Å². The van der Waals surface area contributed by atoms with E-state index in [1.807, 2.05) is 4.68 Å². The van der Waals surface area contributed by atoms with Crippen LogP contribution in [0.3, 0.4) is 0 Å². The molecule has 2 atom stereocenters. The number of hydrogen-bond donors (Lipinski definition) is 2. The lowest BCUT2D eigenvalue weighted by molar-refractivity contribution is 0.136.